The first-order chi connectivity index (χ1) is 12.7. The van der Waals surface area contributed by atoms with Crippen molar-refractivity contribution in [2.24, 2.45) is 7.05 Å². The number of carbonyl (C=O) groups is 1. The minimum atomic E-state index is -3.50. The van der Waals surface area contributed by atoms with Crippen LogP contribution in [0.3, 0.4) is 0 Å². The molecule has 1 heterocycles. The molecule has 0 aliphatic carbocycles. The Morgan fingerprint density at radius 2 is 1.78 bits per heavy atom. The Labute approximate surface area is 162 Å². The number of hydrogen-bond acceptors (Lipinski definition) is 4. The van der Waals surface area contributed by atoms with Crippen LogP contribution in [0, 0.1) is 0 Å². The highest BCUT2D eigenvalue weighted by Gasteiger charge is 2.19. The van der Waals surface area contributed by atoms with E-state index in [0.717, 1.165) is 37.3 Å². The first-order valence-electron chi connectivity index (χ1n) is 9.38. The molecule has 0 aliphatic rings. The molecule has 7 nitrogen and oxygen atoms in total. The van der Waals surface area contributed by atoms with Crippen LogP contribution in [0.5, 0.6) is 0 Å². The molecule has 0 saturated heterocycles. The molecule has 0 unspecified atom stereocenters. The number of aromatic nitrogens is 2. The summed E-state index contributed by atoms with van der Waals surface area (Å²) in [7, 11) is 1.41. The molecular weight excluding hydrogens is 364 g/mol. The van der Waals surface area contributed by atoms with Gasteiger partial charge in [-0.25, -0.2) is 17.7 Å². The molecule has 2 aromatic rings. The number of rotatable bonds is 9. The highest BCUT2D eigenvalue weighted by atomic mass is 32.2. The Balaban J connectivity index is 2.22. The van der Waals surface area contributed by atoms with Crippen molar-refractivity contribution in [1.29, 1.82) is 0 Å². The zero-order valence-electron chi connectivity index (χ0n) is 16.9. The molecule has 0 saturated carbocycles. The van der Waals surface area contributed by atoms with Crippen LogP contribution in [-0.2, 0) is 28.3 Å². The first-order valence-corrected chi connectivity index (χ1v) is 10.8. The Morgan fingerprint density at radius 3 is 2.33 bits per heavy atom. The summed E-state index contributed by atoms with van der Waals surface area (Å²) in [6.07, 6.45) is 2.83. The first kappa shape index (κ1) is 21.4. The second-order valence-corrected chi connectivity index (χ2v) is 9.06. The maximum absolute atomic E-state index is 12.5. The van der Waals surface area contributed by atoms with E-state index in [1.165, 1.54) is 18.4 Å². The van der Waals surface area contributed by atoms with E-state index < -0.39 is 10.0 Å². The molecule has 8 heteroatoms. The van der Waals surface area contributed by atoms with Crippen molar-refractivity contribution >= 4 is 27.0 Å². The number of nitrogens with zero attached hydrogens (tertiary/aromatic N) is 4. The van der Waals surface area contributed by atoms with Crippen molar-refractivity contribution in [1.82, 2.24) is 18.8 Å². The van der Waals surface area contributed by atoms with Gasteiger partial charge in [-0.05, 0) is 31.0 Å². The predicted octanol–water partition coefficient (Wildman–Crippen LogP) is 2.40. The van der Waals surface area contributed by atoms with E-state index in [0.29, 0.717) is 18.4 Å². The van der Waals surface area contributed by atoms with Crippen LogP contribution in [0.25, 0.3) is 11.0 Å². The number of aryl methyl sites for hydroxylation is 2. The molecule has 0 spiro atoms. The lowest BCUT2D eigenvalue weighted by atomic mass is 10.2. The topological polar surface area (TPSA) is 75.5 Å². The van der Waals surface area contributed by atoms with E-state index in [2.05, 4.69) is 18.8 Å². The lowest BCUT2D eigenvalue weighted by Crippen LogP contribution is -2.32. The zero-order valence-corrected chi connectivity index (χ0v) is 17.7. The van der Waals surface area contributed by atoms with Crippen LogP contribution in [0.2, 0.25) is 0 Å². The lowest BCUT2D eigenvalue weighted by Gasteiger charge is -2.21. The van der Waals surface area contributed by atoms with Crippen LogP contribution in [-0.4, -0.2) is 60.3 Å². The van der Waals surface area contributed by atoms with Crippen molar-refractivity contribution in [3.63, 3.8) is 0 Å². The Hall–Kier alpha value is -1.93. The van der Waals surface area contributed by atoms with Crippen LogP contribution < -0.4 is 0 Å². The van der Waals surface area contributed by atoms with Gasteiger partial charge in [0.25, 0.3) is 0 Å². The highest BCUT2D eigenvalue weighted by molar-refractivity contribution is 7.89. The molecule has 0 N–H and O–H groups in total. The van der Waals surface area contributed by atoms with E-state index >= 15 is 0 Å². The predicted molar refractivity (Wildman–Crippen MR) is 107 cm³/mol. The fourth-order valence-corrected chi connectivity index (χ4v) is 4.02. The van der Waals surface area contributed by atoms with Crippen molar-refractivity contribution in [3.8, 4) is 0 Å². The number of amides is 1. The Bertz CT molecular complexity index is 897. The summed E-state index contributed by atoms with van der Waals surface area (Å²) >= 11 is 0. The monoisotopic (exact) mass is 394 g/mol. The normalized spacial score (nSPS) is 12.1. The second-order valence-electron chi connectivity index (χ2n) is 6.91. The molecule has 150 valence electrons. The van der Waals surface area contributed by atoms with Gasteiger partial charge in [0, 0.05) is 47.1 Å². The fraction of sp³-hybridized carbons (Fsp3) is 0.579. The zero-order chi connectivity index (χ0) is 20.2. The van der Waals surface area contributed by atoms with E-state index in [4.69, 9.17) is 0 Å². The summed E-state index contributed by atoms with van der Waals surface area (Å²) in [5, 5.41) is 0. The number of benzene rings is 1. The van der Waals surface area contributed by atoms with Gasteiger partial charge in [0.05, 0.1) is 15.9 Å². The van der Waals surface area contributed by atoms with E-state index in [1.807, 2.05) is 16.5 Å². The summed E-state index contributed by atoms with van der Waals surface area (Å²) < 4.78 is 27.8. The van der Waals surface area contributed by atoms with E-state index in [9.17, 15) is 13.2 Å². The van der Waals surface area contributed by atoms with Crippen molar-refractivity contribution in [2.45, 2.75) is 44.4 Å². The van der Waals surface area contributed by atoms with Crippen LogP contribution in [0.4, 0.5) is 0 Å². The van der Waals surface area contributed by atoms with Gasteiger partial charge in [-0.2, -0.15) is 0 Å². The molecule has 27 heavy (non-hydrogen) atoms. The molecule has 0 bridgehead atoms. The molecule has 1 amide bonds. The summed E-state index contributed by atoms with van der Waals surface area (Å²) in [5.74, 6) is 0.923. The lowest BCUT2D eigenvalue weighted by molar-refractivity contribution is -0.131. The standard InChI is InChI=1S/C19H30N4O3S/c1-6-12-23(13-7-2)19(24)11-10-18-20-16-14-15(27(25,26)21(3)4)8-9-17(16)22(18)5/h8-9,14H,6-7,10-13H2,1-5H3. The minimum Gasteiger partial charge on any atom is -0.343 e. The van der Waals surface area contributed by atoms with E-state index in [1.54, 1.807) is 18.2 Å². The summed E-state index contributed by atoms with van der Waals surface area (Å²) in [6.45, 7) is 5.70. The van der Waals surface area contributed by atoms with Gasteiger partial charge in [-0.3, -0.25) is 4.79 Å². The molecular formula is C19H30N4O3S. The largest absolute Gasteiger partial charge is 0.343 e. The number of imidazole rings is 1. The third-order valence-electron chi connectivity index (χ3n) is 4.63. The van der Waals surface area contributed by atoms with Crippen molar-refractivity contribution in [2.75, 3.05) is 27.2 Å². The Morgan fingerprint density at radius 1 is 1.15 bits per heavy atom. The average Bonchev–Trinajstić information content (AvgIpc) is 2.94. The highest BCUT2D eigenvalue weighted by Crippen LogP contribution is 2.22. The molecule has 1 aromatic heterocycles. The maximum Gasteiger partial charge on any atom is 0.242 e. The number of fused-ring (bicyclic) bond motifs is 1. The molecule has 0 radical (unpaired) electrons. The number of carbonyl (C=O) groups excluding carboxylic acids is 1. The van der Waals surface area contributed by atoms with Gasteiger partial charge in [-0.15, -0.1) is 0 Å². The fourth-order valence-electron chi connectivity index (χ4n) is 3.10. The summed E-state index contributed by atoms with van der Waals surface area (Å²) in [6, 6.07) is 4.96. The second kappa shape index (κ2) is 8.84. The molecule has 1 aromatic carbocycles. The Kier molecular flexibility index (Phi) is 7.00. The molecule has 0 fully saturated rings. The van der Waals surface area contributed by atoms with Crippen molar-refractivity contribution < 1.29 is 13.2 Å². The minimum absolute atomic E-state index is 0.140. The third-order valence-corrected chi connectivity index (χ3v) is 6.44. The van der Waals surface area contributed by atoms with Gasteiger partial charge < -0.3 is 9.47 Å². The van der Waals surface area contributed by atoms with Crippen LogP contribution >= 0.6 is 0 Å². The molecule has 2 rings (SSSR count). The van der Waals surface area contributed by atoms with Crippen LogP contribution in [0.1, 0.15) is 38.9 Å². The summed E-state index contributed by atoms with van der Waals surface area (Å²) in [4.78, 5) is 19.2. The number of sulfonamides is 1. The maximum atomic E-state index is 12.5. The average molecular weight is 395 g/mol. The van der Waals surface area contributed by atoms with Crippen molar-refractivity contribution in [3.05, 3.63) is 24.0 Å². The number of hydrogen-bond donors (Lipinski definition) is 0. The SMILES string of the molecule is CCCN(CCC)C(=O)CCc1nc2cc(S(=O)(=O)N(C)C)ccc2n1C. The molecule has 0 aliphatic heterocycles. The quantitative estimate of drug-likeness (QED) is 0.654. The van der Waals surface area contributed by atoms with Gasteiger partial charge in [0.15, 0.2) is 0 Å². The van der Waals surface area contributed by atoms with Crippen LogP contribution in [0.15, 0.2) is 23.1 Å². The van der Waals surface area contributed by atoms with Gasteiger partial charge >= 0.3 is 0 Å². The molecule has 0 atom stereocenters. The third kappa shape index (κ3) is 4.68. The van der Waals surface area contributed by atoms with Gasteiger partial charge in [0.1, 0.15) is 5.82 Å². The van der Waals surface area contributed by atoms with Gasteiger partial charge in [0.2, 0.25) is 15.9 Å². The van der Waals surface area contributed by atoms with Gasteiger partial charge in [-0.1, -0.05) is 13.8 Å². The summed E-state index contributed by atoms with van der Waals surface area (Å²) in [5.41, 5.74) is 1.48. The smallest absolute Gasteiger partial charge is 0.242 e. The van der Waals surface area contributed by atoms with E-state index in [-0.39, 0.29) is 10.8 Å².